The molecule has 1 aromatic heterocycles. The van der Waals surface area contributed by atoms with Gasteiger partial charge < -0.3 is 14.7 Å². The Hall–Kier alpha value is -1.95. The van der Waals surface area contributed by atoms with Crippen LogP contribution < -0.4 is 4.74 Å². The zero-order chi connectivity index (χ0) is 22.5. The Morgan fingerprint density at radius 3 is 2.76 bits per heavy atom. The maximum Gasteiger partial charge on any atom is 0.119 e. The van der Waals surface area contributed by atoms with Crippen molar-refractivity contribution in [2.75, 3.05) is 39.8 Å². The molecule has 1 saturated carbocycles. The SMILES string of the molecule is COc1ccc2c(c1)C13CCN(CCc4cccnc4)CCC1(O)C(C2)N(CC1CC1)CC3. The zero-order valence-electron chi connectivity index (χ0n) is 19.9. The van der Waals surface area contributed by atoms with Crippen molar-refractivity contribution in [3.8, 4) is 5.75 Å². The van der Waals surface area contributed by atoms with Gasteiger partial charge in [0.05, 0.1) is 12.7 Å². The van der Waals surface area contributed by atoms with Gasteiger partial charge in [-0.15, -0.1) is 0 Å². The summed E-state index contributed by atoms with van der Waals surface area (Å²) >= 11 is 0. The third-order valence-corrected chi connectivity index (χ3v) is 9.19. The lowest BCUT2D eigenvalue weighted by atomic mass is 9.52. The van der Waals surface area contributed by atoms with Gasteiger partial charge in [0.15, 0.2) is 0 Å². The lowest BCUT2D eigenvalue weighted by molar-refractivity contribution is -0.149. The molecule has 5 nitrogen and oxygen atoms in total. The summed E-state index contributed by atoms with van der Waals surface area (Å²) < 4.78 is 5.64. The number of methoxy groups -OCH3 is 1. The summed E-state index contributed by atoms with van der Waals surface area (Å²) in [5.74, 6) is 1.77. The molecule has 176 valence electrons. The van der Waals surface area contributed by atoms with Crippen LogP contribution in [0.3, 0.4) is 0 Å². The molecule has 4 aliphatic rings. The van der Waals surface area contributed by atoms with Crippen molar-refractivity contribution in [2.24, 2.45) is 5.92 Å². The average molecular weight is 448 g/mol. The summed E-state index contributed by atoms with van der Waals surface area (Å²) in [7, 11) is 1.75. The second-order valence-electron chi connectivity index (χ2n) is 10.9. The fraction of sp³-hybridized carbons (Fsp3) is 0.607. The second kappa shape index (κ2) is 8.37. The Bertz CT molecular complexity index is 994. The summed E-state index contributed by atoms with van der Waals surface area (Å²) in [4.78, 5) is 9.52. The first-order valence-electron chi connectivity index (χ1n) is 12.9. The summed E-state index contributed by atoms with van der Waals surface area (Å²) in [5, 5.41) is 12.6. The lowest BCUT2D eigenvalue weighted by Crippen LogP contribution is -2.71. The van der Waals surface area contributed by atoms with Gasteiger partial charge in [0.25, 0.3) is 0 Å². The van der Waals surface area contributed by atoms with Crippen molar-refractivity contribution in [2.45, 2.75) is 62.0 Å². The minimum atomic E-state index is -0.678. The second-order valence-corrected chi connectivity index (χ2v) is 10.9. The van der Waals surface area contributed by atoms with Gasteiger partial charge in [-0.3, -0.25) is 9.88 Å². The van der Waals surface area contributed by atoms with Gasteiger partial charge in [-0.05, 0) is 98.8 Å². The van der Waals surface area contributed by atoms with Crippen LogP contribution in [0.2, 0.25) is 0 Å². The molecule has 3 fully saturated rings. The van der Waals surface area contributed by atoms with E-state index < -0.39 is 5.60 Å². The highest BCUT2D eigenvalue weighted by Gasteiger charge is 2.63. The molecule has 3 atom stereocenters. The van der Waals surface area contributed by atoms with E-state index in [1.165, 1.54) is 36.1 Å². The van der Waals surface area contributed by atoms with Crippen LogP contribution in [0.1, 0.15) is 48.8 Å². The molecule has 2 bridgehead atoms. The maximum atomic E-state index is 12.6. The molecule has 0 spiro atoms. The number of rotatable bonds is 6. The van der Waals surface area contributed by atoms with Crippen LogP contribution in [0.5, 0.6) is 5.75 Å². The smallest absolute Gasteiger partial charge is 0.119 e. The highest BCUT2D eigenvalue weighted by atomic mass is 16.5. The van der Waals surface area contributed by atoms with Crippen LogP contribution in [0, 0.1) is 5.92 Å². The van der Waals surface area contributed by atoms with E-state index in [1.54, 1.807) is 7.11 Å². The first-order chi connectivity index (χ1) is 16.1. The Kier molecular flexibility index (Phi) is 5.47. The number of aliphatic hydroxyl groups is 1. The zero-order valence-corrected chi connectivity index (χ0v) is 19.9. The number of likely N-dealkylation sites (tertiary alicyclic amines) is 2. The fourth-order valence-electron chi connectivity index (χ4n) is 7.09. The molecule has 3 heterocycles. The van der Waals surface area contributed by atoms with Gasteiger partial charge >= 0.3 is 0 Å². The molecular formula is C28H37N3O2. The van der Waals surface area contributed by atoms with Gasteiger partial charge in [-0.1, -0.05) is 12.1 Å². The molecular weight excluding hydrogens is 410 g/mol. The quantitative estimate of drug-likeness (QED) is 0.735. The highest BCUT2D eigenvalue weighted by Crippen LogP contribution is 2.56. The van der Waals surface area contributed by atoms with E-state index in [4.69, 9.17) is 4.74 Å². The van der Waals surface area contributed by atoms with Crippen LogP contribution in [0.15, 0.2) is 42.7 Å². The summed E-state index contributed by atoms with van der Waals surface area (Å²) in [6.45, 7) is 5.30. The summed E-state index contributed by atoms with van der Waals surface area (Å²) in [6.07, 6.45) is 11.4. The van der Waals surface area contributed by atoms with Crippen LogP contribution in [-0.2, 0) is 18.3 Å². The predicted molar refractivity (Wildman–Crippen MR) is 130 cm³/mol. The number of piperidine rings is 1. The molecule has 0 radical (unpaired) electrons. The summed E-state index contributed by atoms with van der Waals surface area (Å²) in [6, 6.07) is 11.0. The van der Waals surface area contributed by atoms with Crippen LogP contribution in [0.4, 0.5) is 0 Å². The molecule has 0 amide bonds. The Balaban J connectivity index is 1.32. The number of nitrogens with zero attached hydrogens (tertiary/aromatic N) is 3. The molecule has 2 aliphatic heterocycles. The van der Waals surface area contributed by atoms with Crippen molar-refractivity contribution >= 4 is 0 Å². The van der Waals surface area contributed by atoms with Gasteiger partial charge in [-0.2, -0.15) is 0 Å². The number of pyridine rings is 1. The Labute approximate surface area is 197 Å². The first kappa shape index (κ1) is 21.6. The topological polar surface area (TPSA) is 48.8 Å². The van der Waals surface area contributed by atoms with Crippen LogP contribution >= 0.6 is 0 Å². The van der Waals surface area contributed by atoms with E-state index >= 15 is 0 Å². The minimum absolute atomic E-state index is 0.178. The number of fused-ring (bicyclic) bond motifs is 1. The van der Waals surface area contributed by atoms with Crippen LogP contribution in [0.25, 0.3) is 0 Å². The van der Waals surface area contributed by atoms with E-state index in [0.29, 0.717) is 0 Å². The van der Waals surface area contributed by atoms with Crippen LogP contribution in [-0.4, -0.2) is 71.4 Å². The van der Waals surface area contributed by atoms with Gasteiger partial charge in [0.2, 0.25) is 0 Å². The fourth-order valence-corrected chi connectivity index (χ4v) is 7.09. The van der Waals surface area contributed by atoms with Crippen molar-refractivity contribution < 1.29 is 9.84 Å². The Morgan fingerprint density at radius 2 is 1.97 bits per heavy atom. The monoisotopic (exact) mass is 447 g/mol. The maximum absolute atomic E-state index is 12.6. The van der Waals surface area contributed by atoms with Gasteiger partial charge in [-0.25, -0.2) is 0 Å². The molecule has 2 saturated heterocycles. The molecule has 6 rings (SSSR count). The normalized spacial score (nSPS) is 32.0. The molecule has 2 aromatic rings. The number of ether oxygens (including phenoxy) is 1. The third kappa shape index (κ3) is 3.69. The van der Waals surface area contributed by atoms with E-state index in [-0.39, 0.29) is 11.5 Å². The third-order valence-electron chi connectivity index (χ3n) is 9.19. The van der Waals surface area contributed by atoms with E-state index in [9.17, 15) is 5.11 Å². The van der Waals surface area contributed by atoms with Crippen molar-refractivity contribution in [3.63, 3.8) is 0 Å². The van der Waals surface area contributed by atoms with Crippen molar-refractivity contribution in [3.05, 3.63) is 59.4 Å². The Morgan fingerprint density at radius 1 is 1.12 bits per heavy atom. The highest BCUT2D eigenvalue weighted by molar-refractivity contribution is 5.48. The predicted octanol–water partition coefficient (Wildman–Crippen LogP) is 3.44. The summed E-state index contributed by atoms with van der Waals surface area (Å²) in [5.41, 5.74) is 3.22. The lowest BCUT2D eigenvalue weighted by Gasteiger charge is -2.61. The van der Waals surface area contributed by atoms with Crippen molar-refractivity contribution in [1.29, 1.82) is 0 Å². The standard InChI is InChI=1S/C28H37N3O2/c1-33-24-7-6-23-17-26-28(32)11-15-30(13-8-21-3-2-12-29-19-21)14-9-27(28,25(23)18-24)10-16-31(26)20-22-4-5-22/h2-3,6-7,12,18-19,22,26,32H,4-5,8-11,13-17,20H2,1H3. The molecule has 3 unspecified atom stereocenters. The number of hydrogen-bond acceptors (Lipinski definition) is 5. The molecule has 33 heavy (non-hydrogen) atoms. The molecule has 1 N–H and O–H groups in total. The van der Waals surface area contributed by atoms with Gasteiger partial charge in [0, 0.05) is 43.5 Å². The van der Waals surface area contributed by atoms with E-state index in [0.717, 1.165) is 70.0 Å². The number of benzene rings is 1. The largest absolute Gasteiger partial charge is 0.497 e. The number of hydrogen-bond donors (Lipinski definition) is 1. The molecule has 2 aliphatic carbocycles. The number of aromatic nitrogens is 1. The average Bonchev–Trinajstić information content (AvgIpc) is 3.67. The van der Waals surface area contributed by atoms with Gasteiger partial charge in [0.1, 0.15) is 5.75 Å². The first-order valence-corrected chi connectivity index (χ1v) is 12.9. The minimum Gasteiger partial charge on any atom is -0.497 e. The van der Waals surface area contributed by atoms with E-state index in [1.807, 2.05) is 18.5 Å². The van der Waals surface area contributed by atoms with E-state index in [2.05, 4.69) is 39.0 Å². The van der Waals surface area contributed by atoms with Crippen molar-refractivity contribution in [1.82, 2.24) is 14.8 Å². The molecule has 1 aromatic carbocycles. The molecule has 5 heteroatoms.